The Morgan fingerprint density at radius 2 is 1.83 bits per heavy atom. The van der Waals surface area contributed by atoms with E-state index in [1.54, 1.807) is 20.8 Å². The Morgan fingerprint density at radius 1 is 1.17 bits per heavy atom. The summed E-state index contributed by atoms with van der Waals surface area (Å²) in [6.07, 6.45) is 0. The first-order chi connectivity index (χ1) is 10.6. The first-order valence-corrected chi connectivity index (χ1v) is 7.61. The van der Waals surface area contributed by atoms with Gasteiger partial charge in [0.25, 0.3) is 5.91 Å². The molecule has 0 aliphatic carbocycles. The molecule has 0 spiro atoms. The third-order valence-electron chi connectivity index (χ3n) is 2.91. The SMILES string of the molecule is Cc1ccc(OCC(=O)NNC(=S)NC(=O)C(C)(C)C)c(C)c1. The normalized spacial score (nSPS) is 10.7. The number of carbonyl (C=O) groups is 2. The number of nitrogens with one attached hydrogen (secondary N) is 3. The van der Waals surface area contributed by atoms with Crippen LogP contribution >= 0.6 is 12.2 Å². The minimum absolute atomic E-state index is 0.0322. The Hall–Kier alpha value is -2.15. The van der Waals surface area contributed by atoms with Gasteiger partial charge in [0.1, 0.15) is 5.75 Å². The first-order valence-electron chi connectivity index (χ1n) is 7.20. The largest absolute Gasteiger partial charge is 0.483 e. The van der Waals surface area contributed by atoms with Crippen molar-refractivity contribution in [2.24, 2.45) is 5.41 Å². The van der Waals surface area contributed by atoms with Gasteiger partial charge in [-0.3, -0.25) is 20.4 Å². The molecule has 2 amide bonds. The van der Waals surface area contributed by atoms with Crippen LogP contribution < -0.4 is 20.9 Å². The number of benzene rings is 1. The van der Waals surface area contributed by atoms with Crippen LogP contribution in [0.5, 0.6) is 5.75 Å². The van der Waals surface area contributed by atoms with E-state index in [4.69, 9.17) is 17.0 Å². The molecule has 6 nitrogen and oxygen atoms in total. The highest BCUT2D eigenvalue weighted by Gasteiger charge is 2.22. The molecule has 0 saturated carbocycles. The molecule has 0 aliphatic heterocycles. The van der Waals surface area contributed by atoms with Crippen LogP contribution in [0, 0.1) is 19.3 Å². The van der Waals surface area contributed by atoms with Crippen molar-refractivity contribution in [2.45, 2.75) is 34.6 Å². The Kier molecular flexibility index (Phi) is 6.50. The third-order valence-corrected chi connectivity index (χ3v) is 3.12. The Balaban J connectivity index is 2.37. The highest BCUT2D eigenvalue weighted by atomic mass is 32.1. The number of ether oxygens (including phenoxy) is 1. The molecule has 0 saturated heterocycles. The maximum atomic E-state index is 11.7. The molecule has 0 atom stereocenters. The quantitative estimate of drug-likeness (QED) is 0.578. The highest BCUT2D eigenvalue weighted by molar-refractivity contribution is 7.80. The molecular weight excluding hydrogens is 314 g/mol. The lowest BCUT2D eigenvalue weighted by atomic mass is 9.96. The third kappa shape index (κ3) is 6.65. The summed E-state index contributed by atoms with van der Waals surface area (Å²) in [5.74, 6) is 0.00229. The van der Waals surface area contributed by atoms with Gasteiger partial charge in [-0.15, -0.1) is 0 Å². The second-order valence-electron chi connectivity index (χ2n) is 6.26. The van der Waals surface area contributed by atoms with E-state index < -0.39 is 11.3 Å². The summed E-state index contributed by atoms with van der Waals surface area (Å²) in [4.78, 5) is 23.4. The zero-order valence-corrected chi connectivity index (χ0v) is 14.9. The van der Waals surface area contributed by atoms with E-state index >= 15 is 0 Å². The highest BCUT2D eigenvalue weighted by Crippen LogP contribution is 2.18. The molecule has 0 heterocycles. The van der Waals surface area contributed by atoms with Crippen molar-refractivity contribution in [3.05, 3.63) is 29.3 Å². The zero-order valence-electron chi connectivity index (χ0n) is 14.1. The second kappa shape index (κ2) is 7.92. The topological polar surface area (TPSA) is 79.5 Å². The Bertz CT molecular complexity index is 609. The maximum absolute atomic E-state index is 11.7. The molecular formula is C16H23N3O3S. The predicted molar refractivity (Wildman–Crippen MR) is 92.9 cm³/mol. The maximum Gasteiger partial charge on any atom is 0.276 e. The molecule has 1 aromatic carbocycles. The number of aryl methyl sites for hydroxylation is 2. The number of carbonyl (C=O) groups excluding carboxylic acids is 2. The van der Waals surface area contributed by atoms with Crippen molar-refractivity contribution in [1.29, 1.82) is 0 Å². The fourth-order valence-electron chi connectivity index (χ4n) is 1.59. The fraction of sp³-hybridized carbons (Fsp3) is 0.438. The Labute approximate surface area is 141 Å². The summed E-state index contributed by atoms with van der Waals surface area (Å²) in [6, 6.07) is 5.71. The van der Waals surface area contributed by atoms with E-state index in [9.17, 15) is 9.59 Å². The summed E-state index contributed by atoms with van der Waals surface area (Å²) in [5.41, 5.74) is 6.35. The van der Waals surface area contributed by atoms with Crippen molar-refractivity contribution >= 4 is 29.1 Å². The van der Waals surface area contributed by atoms with Crippen LogP contribution in [0.2, 0.25) is 0 Å². The van der Waals surface area contributed by atoms with Gasteiger partial charge >= 0.3 is 0 Å². The smallest absolute Gasteiger partial charge is 0.276 e. The summed E-state index contributed by atoms with van der Waals surface area (Å²) < 4.78 is 5.44. The van der Waals surface area contributed by atoms with Crippen LogP contribution in [0.4, 0.5) is 0 Å². The number of hydrogen-bond donors (Lipinski definition) is 3. The summed E-state index contributed by atoms with van der Waals surface area (Å²) in [7, 11) is 0. The summed E-state index contributed by atoms with van der Waals surface area (Å²) in [6.45, 7) is 9.03. The standard InChI is InChI=1S/C16H23N3O3S/c1-10-6-7-12(11(2)8-10)22-9-13(20)18-19-15(23)17-14(21)16(3,4)5/h6-8H,9H2,1-5H3,(H,18,20)(H2,17,19,21,23). The van der Waals surface area contributed by atoms with Crippen LogP contribution in [0.3, 0.4) is 0 Å². The lowest BCUT2D eigenvalue weighted by Gasteiger charge is -2.18. The van der Waals surface area contributed by atoms with E-state index in [1.165, 1.54) is 0 Å². The fourth-order valence-corrected chi connectivity index (χ4v) is 1.73. The monoisotopic (exact) mass is 337 g/mol. The number of hydrogen-bond acceptors (Lipinski definition) is 4. The molecule has 1 rings (SSSR count). The van der Waals surface area contributed by atoms with Crippen LogP contribution in [0.1, 0.15) is 31.9 Å². The lowest BCUT2D eigenvalue weighted by molar-refractivity contribution is -0.127. The van der Waals surface area contributed by atoms with Crippen LogP contribution in [0.25, 0.3) is 0 Å². The molecule has 23 heavy (non-hydrogen) atoms. The van der Waals surface area contributed by atoms with Gasteiger partial charge in [0.15, 0.2) is 11.7 Å². The molecule has 0 unspecified atom stereocenters. The number of hydrazine groups is 1. The zero-order chi connectivity index (χ0) is 17.6. The van der Waals surface area contributed by atoms with Gasteiger partial charge < -0.3 is 10.1 Å². The second-order valence-corrected chi connectivity index (χ2v) is 6.67. The van der Waals surface area contributed by atoms with Crippen LogP contribution in [0.15, 0.2) is 18.2 Å². The van der Waals surface area contributed by atoms with E-state index in [0.717, 1.165) is 11.1 Å². The molecule has 0 radical (unpaired) electrons. The molecule has 0 bridgehead atoms. The van der Waals surface area contributed by atoms with Crippen LogP contribution in [-0.4, -0.2) is 23.5 Å². The molecule has 1 aromatic rings. The van der Waals surface area contributed by atoms with Crippen molar-refractivity contribution < 1.29 is 14.3 Å². The van der Waals surface area contributed by atoms with Gasteiger partial charge in [-0.25, -0.2) is 0 Å². The molecule has 3 N–H and O–H groups in total. The lowest BCUT2D eigenvalue weighted by Crippen LogP contribution is -2.51. The molecule has 0 aliphatic rings. The van der Waals surface area contributed by atoms with Crippen molar-refractivity contribution in [1.82, 2.24) is 16.2 Å². The summed E-state index contributed by atoms with van der Waals surface area (Å²) in [5, 5.41) is 2.52. The molecule has 7 heteroatoms. The van der Waals surface area contributed by atoms with Crippen molar-refractivity contribution in [3.8, 4) is 5.75 Å². The van der Waals surface area contributed by atoms with Gasteiger partial charge in [-0.1, -0.05) is 38.5 Å². The minimum atomic E-state index is -0.568. The van der Waals surface area contributed by atoms with Gasteiger partial charge in [0.2, 0.25) is 5.91 Å². The molecule has 0 aromatic heterocycles. The first kappa shape index (κ1) is 18.9. The number of rotatable bonds is 3. The van der Waals surface area contributed by atoms with Crippen molar-refractivity contribution in [3.63, 3.8) is 0 Å². The minimum Gasteiger partial charge on any atom is -0.483 e. The van der Waals surface area contributed by atoms with Gasteiger partial charge in [0, 0.05) is 5.41 Å². The van der Waals surface area contributed by atoms with Gasteiger partial charge in [0.05, 0.1) is 0 Å². The Morgan fingerprint density at radius 3 is 2.39 bits per heavy atom. The average Bonchev–Trinajstić information content (AvgIpc) is 2.43. The van der Waals surface area contributed by atoms with E-state index in [2.05, 4.69) is 16.2 Å². The van der Waals surface area contributed by atoms with Gasteiger partial charge in [-0.05, 0) is 37.7 Å². The molecule has 126 valence electrons. The van der Waals surface area contributed by atoms with E-state index in [-0.39, 0.29) is 17.6 Å². The number of thiocarbonyl (C=S) groups is 1. The predicted octanol–water partition coefficient (Wildman–Crippen LogP) is 1.75. The summed E-state index contributed by atoms with van der Waals surface area (Å²) >= 11 is 4.93. The van der Waals surface area contributed by atoms with Crippen molar-refractivity contribution in [2.75, 3.05) is 6.61 Å². The van der Waals surface area contributed by atoms with E-state index in [0.29, 0.717) is 5.75 Å². The average molecular weight is 337 g/mol. The molecule has 0 fully saturated rings. The van der Waals surface area contributed by atoms with Gasteiger partial charge in [-0.2, -0.15) is 0 Å². The van der Waals surface area contributed by atoms with Crippen LogP contribution in [-0.2, 0) is 9.59 Å². The number of amides is 2. The van der Waals surface area contributed by atoms with E-state index in [1.807, 2.05) is 32.0 Å².